The molecule has 0 saturated carbocycles. The third kappa shape index (κ3) is 3.30. The molecule has 1 saturated heterocycles. The lowest BCUT2D eigenvalue weighted by atomic mass is 10.1. The molecule has 1 aromatic carbocycles. The van der Waals surface area contributed by atoms with Gasteiger partial charge >= 0.3 is 0 Å². The predicted molar refractivity (Wildman–Crippen MR) is 104 cm³/mol. The summed E-state index contributed by atoms with van der Waals surface area (Å²) in [5, 5.41) is 4.64. The van der Waals surface area contributed by atoms with E-state index in [1.165, 1.54) is 19.3 Å². The molecule has 0 radical (unpaired) electrons. The maximum absolute atomic E-state index is 12.8. The molecule has 1 atom stereocenters. The van der Waals surface area contributed by atoms with Crippen molar-refractivity contribution in [2.75, 3.05) is 26.2 Å². The van der Waals surface area contributed by atoms with Gasteiger partial charge in [0.1, 0.15) is 17.5 Å². The summed E-state index contributed by atoms with van der Waals surface area (Å²) >= 11 is 6.37. The number of benzene rings is 1. The van der Waals surface area contributed by atoms with E-state index in [1.807, 2.05) is 18.2 Å². The molecule has 1 N–H and O–H groups in total. The molecule has 140 valence electrons. The molecule has 1 aromatic heterocycles. The first kappa shape index (κ1) is 17.7. The molecule has 1 amide bonds. The van der Waals surface area contributed by atoms with Crippen LogP contribution in [0.15, 0.2) is 18.2 Å². The highest BCUT2D eigenvalue weighted by Crippen LogP contribution is 2.38. The second kappa shape index (κ2) is 7.49. The second-order valence-corrected chi connectivity index (χ2v) is 7.66. The Morgan fingerprint density at radius 2 is 2.12 bits per heavy atom. The minimum absolute atomic E-state index is 0.0306. The third-order valence-electron chi connectivity index (χ3n) is 5.50. The van der Waals surface area contributed by atoms with Gasteiger partial charge in [-0.2, -0.15) is 0 Å². The number of hydrogen-bond donors (Lipinski definition) is 1. The van der Waals surface area contributed by atoms with Crippen molar-refractivity contribution in [1.82, 2.24) is 14.8 Å². The number of hydrogen-bond acceptors (Lipinski definition) is 3. The number of nitrogens with zero attached hydrogens (tertiary/aromatic N) is 2. The second-order valence-electron chi connectivity index (χ2n) is 7.25. The summed E-state index contributed by atoms with van der Waals surface area (Å²) in [6.45, 7) is 6.66. The van der Waals surface area contributed by atoms with E-state index in [1.54, 1.807) is 0 Å². The summed E-state index contributed by atoms with van der Waals surface area (Å²) in [5.41, 5.74) is 1.61. The summed E-state index contributed by atoms with van der Waals surface area (Å²) in [6, 6.07) is 5.65. The fourth-order valence-electron chi connectivity index (χ4n) is 4.02. The Kier molecular flexibility index (Phi) is 5.09. The molecular weight excluding hydrogens is 350 g/mol. The van der Waals surface area contributed by atoms with Crippen molar-refractivity contribution in [1.29, 1.82) is 0 Å². The summed E-state index contributed by atoms with van der Waals surface area (Å²) < 4.78 is 8.12. The lowest BCUT2D eigenvalue weighted by Gasteiger charge is -2.27. The molecule has 2 aromatic rings. The number of carbonyl (C=O) groups excluding carboxylic acids is 1. The molecule has 1 fully saturated rings. The Morgan fingerprint density at radius 1 is 1.31 bits per heavy atom. The van der Waals surface area contributed by atoms with Gasteiger partial charge in [0.05, 0.1) is 17.1 Å². The van der Waals surface area contributed by atoms with E-state index in [9.17, 15) is 4.79 Å². The average Bonchev–Trinajstić information content (AvgIpc) is 3.06. The summed E-state index contributed by atoms with van der Waals surface area (Å²) in [6.07, 6.45) is 4.84. The lowest BCUT2D eigenvalue weighted by molar-refractivity contribution is 0.0931. The highest BCUT2D eigenvalue weighted by Gasteiger charge is 2.27. The standard InChI is InChI=1S/C20H26ClN3O2/c1-2-14-13-24-17(12-15-16(21)6-7-18(26-14)19(15)24)20(25)22-8-11-23-9-4-3-5-10-23/h6-7,12,14H,2-5,8-11,13H2,1H3,(H,22,25). The van der Waals surface area contributed by atoms with Gasteiger partial charge in [-0.3, -0.25) is 4.79 Å². The van der Waals surface area contributed by atoms with Crippen LogP contribution in [-0.4, -0.2) is 47.7 Å². The van der Waals surface area contributed by atoms with Gasteiger partial charge in [-0.25, -0.2) is 0 Å². The molecule has 0 spiro atoms. The first-order valence-electron chi connectivity index (χ1n) is 9.66. The van der Waals surface area contributed by atoms with Crippen LogP contribution in [0.3, 0.4) is 0 Å². The Labute approximate surface area is 159 Å². The van der Waals surface area contributed by atoms with Crippen molar-refractivity contribution in [2.24, 2.45) is 0 Å². The molecule has 6 heteroatoms. The Morgan fingerprint density at radius 3 is 2.88 bits per heavy atom. The van der Waals surface area contributed by atoms with Crippen molar-refractivity contribution in [3.8, 4) is 5.75 Å². The van der Waals surface area contributed by atoms with Gasteiger partial charge < -0.3 is 19.5 Å². The van der Waals surface area contributed by atoms with Crippen LogP contribution in [0.1, 0.15) is 43.1 Å². The zero-order chi connectivity index (χ0) is 18.1. The first-order valence-corrected chi connectivity index (χ1v) is 10.0. The van der Waals surface area contributed by atoms with Gasteiger partial charge in [0.15, 0.2) is 0 Å². The molecule has 1 unspecified atom stereocenters. The van der Waals surface area contributed by atoms with Crippen molar-refractivity contribution in [2.45, 2.75) is 45.3 Å². The number of rotatable bonds is 5. The van der Waals surface area contributed by atoms with E-state index in [0.717, 1.165) is 42.7 Å². The zero-order valence-corrected chi connectivity index (χ0v) is 16.0. The van der Waals surface area contributed by atoms with Crippen molar-refractivity contribution in [3.63, 3.8) is 0 Å². The van der Waals surface area contributed by atoms with Crippen molar-refractivity contribution in [3.05, 3.63) is 28.9 Å². The van der Waals surface area contributed by atoms with Crippen LogP contribution in [0, 0.1) is 0 Å². The molecular formula is C20H26ClN3O2. The molecule has 3 heterocycles. The lowest BCUT2D eigenvalue weighted by Crippen LogP contribution is -2.38. The number of carbonyl (C=O) groups is 1. The highest BCUT2D eigenvalue weighted by molar-refractivity contribution is 6.36. The number of nitrogens with one attached hydrogen (secondary N) is 1. The van der Waals surface area contributed by atoms with Crippen LogP contribution < -0.4 is 10.1 Å². The third-order valence-corrected chi connectivity index (χ3v) is 5.83. The number of amides is 1. The van der Waals surface area contributed by atoms with Crippen LogP contribution in [0.5, 0.6) is 5.75 Å². The van der Waals surface area contributed by atoms with Gasteiger partial charge in [-0.15, -0.1) is 0 Å². The average molecular weight is 376 g/mol. The molecule has 5 nitrogen and oxygen atoms in total. The number of likely N-dealkylation sites (tertiary alicyclic amines) is 1. The molecule has 0 bridgehead atoms. The molecule has 4 rings (SSSR count). The number of halogens is 1. The Balaban J connectivity index is 1.53. The summed E-state index contributed by atoms with van der Waals surface area (Å²) in [4.78, 5) is 15.3. The topological polar surface area (TPSA) is 46.5 Å². The SMILES string of the molecule is CCC1Cn2c(C(=O)NCCN3CCCCC3)cc3c(Cl)ccc(c32)O1. The number of ether oxygens (including phenoxy) is 1. The molecule has 0 aliphatic carbocycles. The van der Waals surface area contributed by atoms with Crippen LogP contribution >= 0.6 is 11.6 Å². The summed E-state index contributed by atoms with van der Waals surface area (Å²) in [7, 11) is 0. The summed E-state index contributed by atoms with van der Waals surface area (Å²) in [5.74, 6) is 0.784. The van der Waals surface area contributed by atoms with Crippen LogP contribution in [0.25, 0.3) is 10.9 Å². The van der Waals surface area contributed by atoms with E-state index < -0.39 is 0 Å². The van der Waals surface area contributed by atoms with Crippen LogP contribution in [0.4, 0.5) is 0 Å². The molecule has 26 heavy (non-hydrogen) atoms. The first-order chi connectivity index (χ1) is 12.7. The van der Waals surface area contributed by atoms with E-state index in [2.05, 4.69) is 21.7 Å². The minimum atomic E-state index is -0.0306. The van der Waals surface area contributed by atoms with E-state index in [0.29, 0.717) is 23.8 Å². The van der Waals surface area contributed by atoms with E-state index >= 15 is 0 Å². The van der Waals surface area contributed by atoms with E-state index in [-0.39, 0.29) is 12.0 Å². The van der Waals surface area contributed by atoms with Gasteiger partial charge in [0.25, 0.3) is 5.91 Å². The number of aromatic nitrogens is 1. The maximum atomic E-state index is 12.8. The highest BCUT2D eigenvalue weighted by atomic mass is 35.5. The van der Waals surface area contributed by atoms with Gasteiger partial charge in [0.2, 0.25) is 0 Å². The minimum Gasteiger partial charge on any atom is -0.486 e. The van der Waals surface area contributed by atoms with Crippen LogP contribution in [0.2, 0.25) is 5.02 Å². The zero-order valence-electron chi connectivity index (χ0n) is 15.3. The fraction of sp³-hybridized carbons (Fsp3) is 0.550. The normalized spacial score (nSPS) is 20.2. The van der Waals surface area contributed by atoms with E-state index in [4.69, 9.17) is 16.3 Å². The van der Waals surface area contributed by atoms with Gasteiger partial charge in [-0.05, 0) is 50.6 Å². The van der Waals surface area contributed by atoms with Gasteiger partial charge in [0, 0.05) is 18.5 Å². The monoisotopic (exact) mass is 375 g/mol. The predicted octanol–water partition coefficient (Wildman–Crippen LogP) is 3.68. The largest absolute Gasteiger partial charge is 0.486 e. The Hall–Kier alpha value is -1.72. The van der Waals surface area contributed by atoms with Gasteiger partial charge in [-0.1, -0.05) is 24.9 Å². The van der Waals surface area contributed by atoms with Crippen LogP contribution in [-0.2, 0) is 6.54 Å². The molecule has 2 aliphatic heterocycles. The molecule has 2 aliphatic rings. The maximum Gasteiger partial charge on any atom is 0.267 e. The number of piperidine rings is 1. The fourth-order valence-corrected chi connectivity index (χ4v) is 4.23. The van der Waals surface area contributed by atoms with Crippen molar-refractivity contribution < 1.29 is 9.53 Å². The quantitative estimate of drug-likeness (QED) is 0.867. The smallest absolute Gasteiger partial charge is 0.267 e. The van der Waals surface area contributed by atoms with Crippen molar-refractivity contribution >= 4 is 28.4 Å². The Bertz CT molecular complexity index is 811.